The van der Waals surface area contributed by atoms with Gasteiger partial charge in [-0.05, 0) is 23.9 Å². The molecular formula is C9H11ClN2O5. The molecule has 0 radical (unpaired) electrons. The molecule has 0 aliphatic rings. The van der Waals surface area contributed by atoms with Crippen LogP contribution in [-0.4, -0.2) is 29.3 Å². The molecule has 0 saturated carbocycles. The molecule has 17 heavy (non-hydrogen) atoms. The number of carboxylic acid groups (broad SMARTS) is 2. The van der Waals surface area contributed by atoms with Gasteiger partial charge in [0.2, 0.25) is 0 Å². The van der Waals surface area contributed by atoms with Crippen LogP contribution < -0.4 is 15.1 Å². The summed E-state index contributed by atoms with van der Waals surface area (Å²) in [6.07, 6.45) is 0. The Kier molecular flexibility index (Phi) is 7.24. The molecule has 4 N–H and O–H groups in total. The zero-order valence-electron chi connectivity index (χ0n) is 8.81. The number of hydrogen-bond acceptors (Lipinski definition) is 5. The molecule has 1 aromatic rings. The molecule has 94 valence electrons. The molecule has 8 heteroatoms. The van der Waals surface area contributed by atoms with Crippen molar-refractivity contribution in [2.45, 2.75) is 0 Å². The fraction of sp³-hybridized carbons (Fsp3) is 0.111. The van der Waals surface area contributed by atoms with Gasteiger partial charge in [-0.3, -0.25) is 0 Å². The van der Waals surface area contributed by atoms with Crippen LogP contribution in [-0.2, 0) is 9.59 Å². The van der Waals surface area contributed by atoms with Crippen molar-refractivity contribution in [2.75, 3.05) is 12.5 Å². The molecule has 0 saturated heterocycles. The monoisotopic (exact) mass is 262 g/mol. The summed E-state index contributed by atoms with van der Waals surface area (Å²) in [5, 5.41) is 14.8. The number of ether oxygens (including phenoxy) is 1. The van der Waals surface area contributed by atoms with Crippen molar-refractivity contribution in [3.05, 3.63) is 24.3 Å². The number of carboxylic acids is 2. The summed E-state index contributed by atoms with van der Waals surface area (Å²) < 4.78 is 4.99. The number of rotatable bonds is 3. The van der Waals surface area contributed by atoms with Crippen LogP contribution >= 0.6 is 11.8 Å². The predicted octanol–water partition coefficient (Wildman–Crippen LogP) is 0.921. The molecule has 0 heterocycles. The minimum atomic E-state index is -1.82. The summed E-state index contributed by atoms with van der Waals surface area (Å²) >= 11 is 5.23. The topological polar surface area (TPSA) is 108 Å². The number of methoxy groups -OCH3 is 1. The SMILES string of the molecule is COc1cccc(NNCl)c1.O=C(O)C(=O)O. The maximum atomic E-state index is 9.10. The van der Waals surface area contributed by atoms with Crippen LogP contribution in [0, 0.1) is 0 Å². The number of carbonyl (C=O) groups is 2. The molecule has 0 aliphatic heterocycles. The first kappa shape index (κ1) is 15.0. The molecule has 1 aromatic carbocycles. The van der Waals surface area contributed by atoms with E-state index in [2.05, 4.69) is 10.4 Å². The fourth-order valence-electron chi connectivity index (χ4n) is 0.755. The van der Waals surface area contributed by atoms with Crippen LogP contribution in [0.5, 0.6) is 5.75 Å². The molecule has 0 spiro atoms. The van der Waals surface area contributed by atoms with Crippen molar-refractivity contribution in [1.82, 2.24) is 4.94 Å². The van der Waals surface area contributed by atoms with E-state index in [4.69, 9.17) is 36.3 Å². The van der Waals surface area contributed by atoms with Gasteiger partial charge >= 0.3 is 11.9 Å². The molecule has 0 aromatic heterocycles. The highest BCUT2D eigenvalue weighted by atomic mass is 35.5. The van der Waals surface area contributed by atoms with Gasteiger partial charge in [-0.2, -0.15) is 0 Å². The molecule has 0 atom stereocenters. The van der Waals surface area contributed by atoms with Gasteiger partial charge in [-0.25, -0.2) is 9.59 Å². The highest BCUT2D eigenvalue weighted by Crippen LogP contribution is 2.15. The second-order valence-electron chi connectivity index (χ2n) is 2.56. The third-order valence-corrected chi connectivity index (χ3v) is 1.54. The van der Waals surface area contributed by atoms with Gasteiger partial charge in [-0.1, -0.05) is 6.07 Å². The first-order valence-electron chi connectivity index (χ1n) is 4.23. The number of hydrazine groups is 1. The molecule has 0 bridgehead atoms. The van der Waals surface area contributed by atoms with Crippen molar-refractivity contribution < 1.29 is 24.5 Å². The Morgan fingerprint density at radius 1 is 1.29 bits per heavy atom. The van der Waals surface area contributed by atoms with E-state index in [0.717, 1.165) is 11.4 Å². The summed E-state index contributed by atoms with van der Waals surface area (Å²) in [6, 6.07) is 7.43. The smallest absolute Gasteiger partial charge is 0.414 e. The maximum absolute atomic E-state index is 9.10. The minimum absolute atomic E-state index is 0.793. The van der Waals surface area contributed by atoms with Crippen LogP contribution in [0.15, 0.2) is 24.3 Å². The van der Waals surface area contributed by atoms with E-state index in [-0.39, 0.29) is 0 Å². The van der Waals surface area contributed by atoms with Crippen molar-refractivity contribution in [2.24, 2.45) is 0 Å². The summed E-state index contributed by atoms with van der Waals surface area (Å²) in [5.74, 6) is -2.85. The van der Waals surface area contributed by atoms with E-state index in [1.54, 1.807) is 7.11 Å². The number of aliphatic carboxylic acids is 2. The van der Waals surface area contributed by atoms with Gasteiger partial charge < -0.3 is 20.4 Å². The Hall–Kier alpha value is -1.99. The van der Waals surface area contributed by atoms with Gasteiger partial charge in [0.1, 0.15) is 5.75 Å². The third-order valence-electron chi connectivity index (χ3n) is 1.44. The predicted molar refractivity (Wildman–Crippen MR) is 60.9 cm³/mol. The molecular weight excluding hydrogens is 252 g/mol. The van der Waals surface area contributed by atoms with E-state index in [1.165, 1.54) is 0 Å². The zero-order valence-corrected chi connectivity index (χ0v) is 9.56. The van der Waals surface area contributed by atoms with Gasteiger partial charge in [0.15, 0.2) is 0 Å². The second-order valence-corrected chi connectivity index (χ2v) is 2.75. The lowest BCUT2D eigenvalue weighted by atomic mass is 10.3. The van der Waals surface area contributed by atoms with Crippen LogP contribution in [0.25, 0.3) is 0 Å². The number of hydrogen-bond donors (Lipinski definition) is 4. The lowest BCUT2D eigenvalue weighted by Gasteiger charge is -2.03. The number of anilines is 1. The third kappa shape index (κ3) is 6.98. The quantitative estimate of drug-likeness (QED) is 0.364. The van der Waals surface area contributed by atoms with Gasteiger partial charge in [-0.15, -0.1) is 4.94 Å². The molecule has 0 fully saturated rings. The van der Waals surface area contributed by atoms with Gasteiger partial charge in [0.25, 0.3) is 0 Å². The Bertz CT molecular complexity index is 373. The van der Waals surface area contributed by atoms with Crippen molar-refractivity contribution in [3.8, 4) is 5.75 Å². The second kappa shape index (κ2) is 8.20. The van der Waals surface area contributed by atoms with E-state index in [0.29, 0.717) is 0 Å². The van der Waals surface area contributed by atoms with Crippen LogP contribution in [0.3, 0.4) is 0 Å². The Labute approximate surface area is 102 Å². The number of halogens is 1. The molecule has 0 unspecified atom stereocenters. The first-order valence-corrected chi connectivity index (χ1v) is 4.61. The lowest BCUT2D eigenvalue weighted by Crippen LogP contribution is -2.09. The molecule has 1 rings (SSSR count). The van der Waals surface area contributed by atoms with Gasteiger partial charge in [0.05, 0.1) is 12.8 Å². The fourth-order valence-corrected chi connectivity index (χ4v) is 0.864. The summed E-state index contributed by atoms with van der Waals surface area (Å²) in [5.41, 5.74) is 3.58. The van der Waals surface area contributed by atoms with Crippen molar-refractivity contribution >= 4 is 29.4 Å². The normalized spacial score (nSPS) is 8.59. The Morgan fingerprint density at radius 2 is 1.88 bits per heavy atom. The van der Waals surface area contributed by atoms with Gasteiger partial charge in [0, 0.05) is 6.07 Å². The molecule has 0 aliphatic carbocycles. The highest BCUT2D eigenvalue weighted by molar-refractivity contribution is 6.27. The minimum Gasteiger partial charge on any atom is -0.497 e. The lowest BCUT2D eigenvalue weighted by molar-refractivity contribution is -0.159. The summed E-state index contributed by atoms with van der Waals surface area (Å²) in [4.78, 5) is 20.5. The van der Waals surface area contributed by atoms with Crippen LogP contribution in [0.4, 0.5) is 5.69 Å². The van der Waals surface area contributed by atoms with E-state index < -0.39 is 11.9 Å². The van der Waals surface area contributed by atoms with Crippen LogP contribution in [0.1, 0.15) is 0 Å². The summed E-state index contributed by atoms with van der Waals surface area (Å²) in [7, 11) is 1.62. The average molecular weight is 263 g/mol. The molecule has 7 nitrogen and oxygen atoms in total. The first-order chi connectivity index (χ1) is 8.01. The number of benzene rings is 1. The Balaban J connectivity index is 0.000000366. The average Bonchev–Trinajstić information content (AvgIpc) is 2.30. The maximum Gasteiger partial charge on any atom is 0.414 e. The van der Waals surface area contributed by atoms with E-state index in [1.807, 2.05) is 24.3 Å². The number of nitrogens with one attached hydrogen (secondary N) is 2. The van der Waals surface area contributed by atoms with E-state index >= 15 is 0 Å². The largest absolute Gasteiger partial charge is 0.497 e. The van der Waals surface area contributed by atoms with Crippen molar-refractivity contribution in [1.29, 1.82) is 0 Å². The standard InChI is InChI=1S/C7H9ClN2O.C2H2O4/c1-11-7-4-2-3-6(5-7)9-10-8;3-1(4)2(5)6/h2-5,9-10H,1H3;(H,3,4)(H,5,6). The summed E-state index contributed by atoms with van der Waals surface area (Å²) in [6.45, 7) is 0. The van der Waals surface area contributed by atoms with Crippen molar-refractivity contribution in [3.63, 3.8) is 0 Å². The van der Waals surface area contributed by atoms with E-state index in [9.17, 15) is 0 Å². The zero-order chi connectivity index (χ0) is 13.3. The Morgan fingerprint density at radius 3 is 2.29 bits per heavy atom. The highest BCUT2D eigenvalue weighted by Gasteiger charge is 2.04. The molecule has 0 amide bonds. The van der Waals surface area contributed by atoms with Crippen LogP contribution in [0.2, 0.25) is 0 Å².